The van der Waals surface area contributed by atoms with E-state index in [0.717, 1.165) is 19.4 Å². The number of hydrogen-bond donors (Lipinski definition) is 1. The highest BCUT2D eigenvalue weighted by atomic mass is 16.4. The number of carboxylic acid groups (broad SMARTS) is 1. The minimum absolute atomic E-state index is 0.219. The largest absolute Gasteiger partial charge is 0.481 e. The summed E-state index contributed by atoms with van der Waals surface area (Å²) in [6.07, 6.45) is 1.76. The van der Waals surface area contributed by atoms with Gasteiger partial charge in [-0.25, -0.2) is 0 Å². The first kappa shape index (κ1) is 12.0. The maximum Gasteiger partial charge on any atom is 0.308 e. The standard InChI is InChI=1S/C14H19NO2/c1-10-5-3-7-13(11(10)2)15-8-4-6-12(9-15)14(16)17/h3,5,7,12H,4,6,8-9H2,1-2H3,(H,16,17). The number of rotatable bonds is 2. The molecule has 3 nitrogen and oxygen atoms in total. The highest BCUT2D eigenvalue weighted by Crippen LogP contribution is 2.27. The predicted octanol–water partition coefficient (Wildman–Crippen LogP) is 2.60. The van der Waals surface area contributed by atoms with E-state index < -0.39 is 5.97 Å². The second kappa shape index (κ2) is 4.78. The molecule has 92 valence electrons. The van der Waals surface area contributed by atoms with Gasteiger partial charge in [-0.3, -0.25) is 4.79 Å². The lowest BCUT2D eigenvalue weighted by molar-refractivity contribution is -0.141. The van der Waals surface area contributed by atoms with E-state index in [1.807, 2.05) is 6.07 Å². The fourth-order valence-electron chi connectivity index (χ4n) is 2.48. The molecule has 1 aromatic rings. The van der Waals surface area contributed by atoms with Crippen molar-refractivity contribution in [2.24, 2.45) is 5.92 Å². The average molecular weight is 233 g/mol. The summed E-state index contributed by atoms with van der Waals surface area (Å²) in [6.45, 7) is 5.81. The molecule has 17 heavy (non-hydrogen) atoms. The van der Waals surface area contributed by atoms with Crippen LogP contribution in [0.4, 0.5) is 5.69 Å². The van der Waals surface area contributed by atoms with Crippen LogP contribution in [0.25, 0.3) is 0 Å². The Morgan fingerprint density at radius 2 is 2.18 bits per heavy atom. The molecule has 1 aliphatic rings. The highest BCUT2D eigenvalue weighted by Gasteiger charge is 2.26. The van der Waals surface area contributed by atoms with Crippen molar-refractivity contribution < 1.29 is 9.90 Å². The molecule has 1 fully saturated rings. The van der Waals surface area contributed by atoms with Crippen molar-refractivity contribution in [1.29, 1.82) is 0 Å². The molecular weight excluding hydrogens is 214 g/mol. The summed E-state index contributed by atoms with van der Waals surface area (Å²) in [6, 6.07) is 6.23. The van der Waals surface area contributed by atoms with Crippen molar-refractivity contribution in [1.82, 2.24) is 0 Å². The van der Waals surface area contributed by atoms with Crippen LogP contribution in [0.1, 0.15) is 24.0 Å². The molecule has 0 radical (unpaired) electrons. The van der Waals surface area contributed by atoms with E-state index in [9.17, 15) is 4.79 Å². The number of benzene rings is 1. The van der Waals surface area contributed by atoms with Gasteiger partial charge in [0.2, 0.25) is 0 Å². The van der Waals surface area contributed by atoms with Gasteiger partial charge >= 0.3 is 5.97 Å². The van der Waals surface area contributed by atoms with Crippen LogP contribution in [-0.2, 0) is 4.79 Å². The first-order chi connectivity index (χ1) is 8.09. The molecule has 0 aromatic heterocycles. The summed E-state index contributed by atoms with van der Waals surface area (Å²) in [7, 11) is 0. The number of carbonyl (C=O) groups is 1. The third-order valence-corrected chi connectivity index (χ3v) is 3.69. The fourth-order valence-corrected chi connectivity index (χ4v) is 2.48. The molecule has 0 amide bonds. The van der Waals surface area contributed by atoms with Crippen molar-refractivity contribution in [3.05, 3.63) is 29.3 Å². The smallest absolute Gasteiger partial charge is 0.308 e. The van der Waals surface area contributed by atoms with Gasteiger partial charge in [-0.1, -0.05) is 12.1 Å². The SMILES string of the molecule is Cc1cccc(N2CCCC(C(=O)O)C2)c1C. The third-order valence-electron chi connectivity index (χ3n) is 3.69. The molecule has 3 heteroatoms. The van der Waals surface area contributed by atoms with Gasteiger partial charge in [0.05, 0.1) is 5.92 Å². The summed E-state index contributed by atoms with van der Waals surface area (Å²) in [5.41, 5.74) is 3.72. The van der Waals surface area contributed by atoms with Crippen LogP contribution in [0.15, 0.2) is 18.2 Å². The molecular formula is C14H19NO2. The van der Waals surface area contributed by atoms with Crippen LogP contribution >= 0.6 is 0 Å². The van der Waals surface area contributed by atoms with Gasteiger partial charge in [0.1, 0.15) is 0 Å². The highest BCUT2D eigenvalue weighted by molar-refractivity contribution is 5.71. The maximum atomic E-state index is 11.1. The third kappa shape index (κ3) is 2.43. The summed E-state index contributed by atoms with van der Waals surface area (Å²) < 4.78 is 0. The van der Waals surface area contributed by atoms with Crippen molar-refractivity contribution in [2.45, 2.75) is 26.7 Å². The molecule has 0 saturated carbocycles. The van der Waals surface area contributed by atoms with E-state index in [-0.39, 0.29) is 5.92 Å². The summed E-state index contributed by atoms with van der Waals surface area (Å²) in [5, 5.41) is 9.10. The van der Waals surface area contributed by atoms with Gasteiger partial charge in [0, 0.05) is 18.8 Å². The lowest BCUT2D eigenvalue weighted by atomic mass is 9.96. The maximum absolute atomic E-state index is 11.1. The number of hydrogen-bond acceptors (Lipinski definition) is 2. The molecule has 1 saturated heterocycles. The topological polar surface area (TPSA) is 40.5 Å². The number of piperidine rings is 1. The zero-order valence-corrected chi connectivity index (χ0v) is 10.4. The van der Waals surface area contributed by atoms with E-state index in [2.05, 4.69) is 30.9 Å². The second-order valence-electron chi connectivity index (χ2n) is 4.84. The number of aliphatic carboxylic acids is 1. The molecule has 1 aromatic carbocycles. The van der Waals surface area contributed by atoms with E-state index >= 15 is 0 Å². The fraction of sp³-hybridized carbons (Fsp3) is 0.500. The monoisotopic (exact) mass is 233 g/mol. The van der Waals surface area contributed by atoms with Gasteiger partial charge in [0.25, 0.3) is 0 Å². The van der Waals surface area contributed by atoms with Crippen LogP contribution in [0.3, 0.4) is 0 Å². The van der Waals surface area contributed by atoms with E-state index in [0.29, 0.717) is 6.54 Å². The quantitative estimate of drug-likeness (QED) is 0.853. The van der Waals surface area contributed by atoms with Gasteiger partial charge in [-0.15, -0.1) is 0 Å². The van der Waals surface area contributed by atoms with Gasteiger partial charge < -0.3 is 10.0 Å². The van der Waals surface area contributed by atoms with Crippen molar-refractivity contribution in [3.8, 4) is 0 Å². The zero-order chi connectivity index (χ0) is 12.4. The van der Waals surface area contributed by atoms with Crippen LogP contribution in [-0.4, -0.2) is 24.2 Å². The minimum Gasteiger partial charge on any atom is -0.481 e. The first-order valence-electron chi connectivity index (χ1n) is 6.13. The molecule has 1 N–H and O–H groups in total. The number of carboxylic acids is 1. The Hall–Kier alpha value is -1.51. The van der Waals surface area contributed by atoms with Crippen molar-refractivity contribution >= 4 is 11.7 Å². The van der Waals surface area contributed by atoms with E-state index in [4.69, 9.17) is 5.11 Å². The average Bonchev–Trinajstić information content (AvgIpc) is 2.33. The lowest BCUT2D eigenvalue weighted by Crippen LogP contribution is -2.39. The first-order valence-corrected chi connectivity index (χ1v) is 6.13. The predicted molar refractivity (Wildman–Crippen MR) is 68.5 cm³/mol. The summed E-state index contributed by atoms with van der Waals surface area (Å²) in [5.74, 6) is -0.885. The Balaban J connectivity index is 2.22. The summed E-state index contributed by atoms with van der Waals surface area (Å²) >= 11 is 0. The van der Waals surface area contributed by atoms with Gasteiger partial charge in [-0.05, 0) is 43.9 Å². The number of aryl methyl sites for hydroxylation is 1. The Kier molecular flexibility index (Phi) is 3.36. The second-order valence-corrected chi connectivity index (χ2v) is 4.84. The Labute approximate surface area is 102 Å². The van der Waals surface area contributed by atoms with Crippen LogP contribution < -0.4 is 4.90 Å². The van der Waals surface area contributed by atoms with Crippen molar-refractivity contribution in [3.63, 3.8) is 0 Å². The molecule has 1 aliphatic heterocycles. The molecule has 2 rings (SSSR count). The molecule has 1 unspecified atom stereocenters. The Morgan fingerprint density at radius 3 is 2.88 bits per heavy atom. The van der Waals surface area contributed by atoms with Crippen LogP contribution in [0.5, 0.6) is 0 Å². The van der Waals surface area contributed by atoms with Gasteiger partial charge in [-0.2, -0.15) is 0 Å². The molecule has 1 heterocycles. The molecule has 1 atom stereocenters. The Morgan fingerprint density at radius 1 is 1.41 bits per heavy atom. The van der Waals surface area contributed by atoms with Crippen LogP contribution in [0, 0.1) is 19.8 Å². The molecule has 0 spiro atoms. The van der Waals surface area contributed by atoms with Crippen LogP contribution in [0.2, 0.25) is 0 Å². The van der Waals surface area contributed by atoms with E-state index in [1.54, 1.807) is 0 Å². The number of anilines is 1. The molecule has 0 bridgehead atoms. The van der Waals surface area contributed by atoms with Crippen molar-refractivity contribution in [2.75, 3.05) is 18.0 Å². The minimum atomic E-state index is -0.667. The number of nitrogens with zero attached hydrogens (tertiary/aromatic N) is 1. The lowest BCUT2D eigenvalue weighted by Gasteiger charge is -2.33. The van der Waals surface area contributed by atoms with E-state index in [1.165, 1.54) is 16.8 Å². The Bertz CT molecular complexity index is 428. The summed E-state index contributed by atoms with van der Waals surface area (Å²) in [4.78, 5) is 13.3. The van der Waals surface area contributed by atoms with Gasteiger partial charge in [0.15, 0.2) is 0 Å². The molecule has 0 aliphatic carbocycles. The normalized spacial score (nSPS) is 20.4. The zero-order valence-electron chi connectivity index (χ0n) is 10.4.